The Kier molecular flexibility index (Phi) is 4.17. The van der Waals surface area contributed by atoms with Gasteiger partial charge in [-0.05, 0) is 17.2 Å². The number of hydrogen-bond donors (Lipinski definition) is 1. The molecule has 1 aromatic rings. The highest BCUT2D eigenvalue weighted by molar-refractivity contribution is 5.70. The molecule has 0 bridgehead atoms. The van der Waals surface area contributed by atoms with Gasteiger partial charge in [-0.2, -0.15) is 0 Å². The summed E-state index contributed by atoms with van der Waals surface area (Å²) in [7, 11) is 1.33. The topological polar surface area (TPSA) is 70.8 Å². The van der Waals surface area contributed by atoms with Gasteiger partial charge in [-0.3, -0.25) is 0 Å². The second kappa shape index (κ2) is 5.84. The molecule has 5 nitrogen and oxygen atoms in total. The fourth-order valence-corrected chi connectivity index (χ4v) is 1.86. The van der Waals surface area contributed by atoms with Crippen LogP contribution in [0, 0.1) is 0 Å². The zero-order chi connectivity index (χ0) is 13.0. The number of fused-ring (bicyclic) bond motifs is 1. The summed E-state index contributed by atoms with van der Waals surface area (Å²) < 4.78 is 15.1. The lowest BCUT2D eigenvalue weighted by molar-refractivity contribution is -0.146. The average molecular weight is 251 g/mol. The van der Waals surface area contributed by atoms with Crippen molar-refractivity contribution in [2.24, 2.45) is 5.73 Å². The number of esters is 1. The summed E-state index contributed by atoms with van der Waals surface area (Å²) in [5.74, 6) is 0.533. The fourth-order valence-electron chi connectivity index (χ4n) is 1.86. The Balaban J connectivity index is 1.89. The van der Waals surface area contributed by atoms with E-state index in [0.29, 0.717) is 0 Å². The molecular weight excluding hydrogens is 234 g/mol. The highest BCUT2D eigenvalue weighted by Gasteiger charge is 2.15. The Labute approximate surface area is 106 Å². The van der Waals surface area contributed by atoms with E-state index < -0.39 is 5.97 Å². The highest BCUT2D eigenvalue weighted by atomic mass is 16.6. The largest absolute Gasteiger partial charge is 0.493 e. The number of nitrogens with two attached hydrogens (primary N) is 1. The molecule has 2 rings (SSSR count). The number of carbonyl (C=O) groups is 1. The van der Waals surface area contributed by atoms with Crippen LogP contribution in [0.5, 0.6) is 5.75 Å². The predicted molar refractivity (Wildman–Crippen MR) is 65.4 cm³/mol. The van der Waals surface area contributed by atoms with E-state index in [1.54, 1.807) is 0 Å². The highest BCUT2D eigenvalue weighted by Crippen LogP contribution is 2.27. The molecule has 0 aliphatic carbocycles. The van der Waals surface area contributed by atoms with E-state index in [-0.39, 0.29) is 19.3 Å². The van der Waals surface area contributed by atoms with Gasteiger partial charge in [-0.1, -0.05) is 12.1 Å². The van der Waals surface area contributed by atoms with E-state index in [1.165, 1.54) is 12.7 Å². The first-order valence-electron chi connectivity index (χ1n) is 5.86. The van der Waals surface area contributed by atoms with E-state index >= 15 is 0 Å². The molecule has 0 fully saturated rings. The minimum Gasteiger partial charge on any atom is -0.493 e. The van der Waals surface area contributed by atoms with Gasteiger partial charge in [0.2, 0.25) is 0 Å². The molecule has 1 aliphatic heterocycles. The zero-order valence-corrected chi connectivity index (χ0v) is 10.3. The van der Waals surface area contributed by atoms with Gasteiger partial charge >= 0.3 is 5.97 Å². The summed E-state index contributed by atoms with van der Waals surface area (Å²) in [5, 5.41) is 0. The lowest BCUT2D eigenvalue weighted by Crippen LogP contribution is -2.20. The van der Waals surface area contributed by atoms with Crippen LogP contribution in [0.25, 0.3) is 0 Å². The van der Waals surface area contributed by atoms with Gasteiger partial charge in [0.05, 0.1) is 26.4 Å². The molecule has 1 unspecified atom stereocenters. The minimum atomic E-state index is -0.399. The number of rotatable bonds is 5. The fraction of sp³-hybridized carbons (Fsp3) is 0.462. The van der Waals surface area contributed by atoms with Crippen molar-refractivity contribution in [1.82, 2.24) is 0 Å². The third kappa shape index (κ3) is 3.00. The summed E-state index contributed by atoms with van der Waals surface area (Å²) in [6.07, 6.45) is 0.916. The van der Waals surface area contributed by atoms with Crippen molar-refractivity contribution in [1.29, 1.82) is 0 Å². The Morgan fingerprint density at radius 2 is 2.39 bits per heavy atom. The maximum absolute atomic E-state index is 10.9. The van der Waals surface area contributed by atoms with Crippen molar-refractivity contribution in [3.8, 4) is 5.75 Å². The van der Waals surface area contributed by atoms with Crippen LogP contribution in [0.1, 0.15) is 17.2 Å². The predicted octanol–water partition coefficient (Wildman–Crippen LogP) is 0.811. The maximum atomic E-state index is 10.9. The van der Waals surface area contributed by atoms with Crippen LogP contribution in [0.3, 0.4) is 0 Å². The summed E-state index contributed by atoms with van der Waals surface area (Å²) in [6, 6.07) is 5.64. The monoisotopic (exact) mass is 251 g/mol. The quantitative estimate of drug-likeness (QED) is 0.784. The first-order valence-corrected chi connectivity index (χ1v) is 5.86. The normalized spacial score (nSPS) is 14.8. The van der Waals surface area contributed by atoms with Gasteiger partial charge in [0.25, 0.3) is 0 Å². The molecule has 0 saturated carbocycles. The standard InChI is InChI=1S/C13H17NO4/c1-16-13(15)8-17-7-11(14)9-2-3-12-10(6-9)4-5-18-12/h2-3,6,11H,4-5,7-8,14H2,1H3. The van der Waals surface area contributed by atoms with Gasteiger partial charge < -0.3 is 19.9 Å². The number of methoxy groups -OCH3 is 1. The second-order valence-electron chi connectivity index (χ2n) is 4.16. The molecular formula is C13H17NO4. The molecule has 1 atom stereocenters. The zero-order valence-electron chi connectivity index (χ0n) is 10.3. The number of carbonyl (C=O) groups excluding carboxylic acids is 1. The van der Waals surface area contributed by atoms with E-state index in [2.05, 4.69) is 4.74 Å². The van der Waals surface area contributed by atoms with Crippen LogP contribution in [0.15, 0.2) is 18.2 Å². The molecule has 0 saturated heterocycles. The molecule has 5 heteroatoms. The lowest BCUT2D eigenvalue weighted by Gasteiger charge is -2.13. The Morgan fingerprint density at radius 1 is 1.56 bits per heavy atom. The number of ether oxygens (including phenoxy) is 3. The molecule has 1 heterocycles. The molecule has 1 aromatic carbocycles. The number of benzene rings is 1. The number of hydrogen-bond acceptors (Lipinski definition) is 5. The molecule has 1 aliphatic rings. The minimum absolute atomic E-state index is 0.0712. The molecule has 98 valence electrons. The van der Waals surface area contributed by atoms with Gasteiger partial charge in [0, 0.05) is 6.42 Å². The van der Waals surface area contributed by atoms with Crippen molar-refractivity contribution in [2.45, 2.75) is 12.5 Å². The van der Waals surface area contributed by atoms with E-state index in [0.717, 1.165) is 24.3 Å². The Morgan fingerprint density at radius 3 is 3.17 bits per heavy atom. The van der Waals surface area contributed by atoms with Crippen molar-refractivity contribution in [3.63, 3.8) is 0 Å². The van der Waals surface area contributed by atoms with Crippen LogP contribution in [0.2, 0.25) is 0 Å². The Hall–Kier alpha value is -1.59. The SMILES string of the molecule is COC(=O)COCC(N)c1ccc2c(c1)CCO2. The van der Waals surface area contributed by atoms with Crippen LogP contribution < -0.4 is 10.5 Å². The van der Waals surface area contributed by atoms with E-state index in [4.69, 9.17) is 15.2 Å². The van der Waals surface area contributed by atoms with Crippen LogP contribution in [-0.4, -0.2) is 32.9 Å². The molecule has 0 radical (unpaired) electrons. The molecule has 18 heavy (non-hydrogen) atoms. The molecule has 0 amide bonds. The van der Waals surface area contributed by atoms with Gasteiger partial charge in [0.15, 0.2) is 0 Å². The first kappa shape index (κ1) is 12.9. The van der Waals surface area contributed by atoms with Crippen molar-refractivity contribution < 1.29 is 19.0 Å². The summed E-state index contributed by atoms with van der Waals surface area (Å²) in [5.41, 5.74) is 8.17. The van der Waals surface area contributed by atoms with Crippen LogP contribution in [0.4, 0.5) is 0 Å². The molecule has 0 aromatic heterocycles. The lowest BCUT2D eigenvalue weighted by atomic mass is 10.0. The van der Waals surface area contributed by atoms with Crippen LogP contribution >= 0.6 is 0 Å². The summed E-state index contributed by atoms with van der Waals surface area (Å²) in [6.45, 7) is 0.944. The van der Waals surface area contributed by atoms with E-state index in [1.807, 2.05) is 18.2 Å². The van der Waals surface area contributed by atoms with Gasteiger partial charge in [0.1, 0.15) is 12.4 Å². The van der Waals surface area contributed by atoms with Crippen molar-refractivity contribution in [2.75, 3.05) is 26.9 Å². The smallest absolute Gasteiger partial charge is 0.331 e. The maximum Gasteiger partial charge on any atom is 0.331 e. The van der Waals surface area contributed by atoms with Crippen LogP contribution in [-0.2, 0) is 20.7 Å². The molecule has 0 spiro atoms. The third-order valence-corrected chi connectivity index (χ3v) is 2.89. The summed E-state index contributed by atoms with van der Waals surface area (Å²) in [4.78, 5) is 10.9. The van der Waals surface area contributed by atoms with Crippen molar-refractivity contribution >= 4 is 5.97 Å². The molecule has 2 N–H and O–H groups in total. The average Bonchev–Trinajstić information content (AvgIpc) is 2.85. The van der Waals surface area contributed by atoms with E-state index in [9.17, 15) is 4.79 Å². The van der Waals surface area contributed by atoms with Gasteiger partial charge in [-0.25, -0.2) is 4.79 Å². The second-order valence-corrected chi connectivity index (χ2v) is 4.16. The summed E-state index contributed by atoms with van der Waals surface area (Å²) >= 11 is 0. The van der Waals surface area contributed by atoms with Gasteiger partial charge in [-0.15, -0.1) is 0 Å². The Bertz CT molecular complexity index is 433. The van der Waals surface area contributed by atoms with Crippen molar-refractivity contribution in [3.05, 3.63) is 29.3 Å². The third-order valence-electron chi connectivity index (χ3n) is 2.89. The first-order chi connectivity index (χ1) is 8.70.